The molecule has 0 saturated heterocycles. The van der Waals surface area contributed by atoms with Crippen LogP contribution in [0.5, 0.6) is 0 Å². The van der Waals surface area contributed by atoms with Gasteiger partial charge < -0.3 is 10.1 Å². The van der Waals surface area contributed by atoms with Crippen LogP contribution in [0.25, 0.3) is 0 Å². The van der Waals surface area contributed by atoms with E-state index < -0.39 is 29.0 Å². The fourth-order valence-corrected chi connectivity index (χ4v) is 3.25. The summed E-state index contributed by atoms with van der Waals surface area (Å²) in [7, 11) is 0. The molecule has 1 atom stereocenters. The Kier molecular flexibility index (Phi) is 3.74. The number of alkyl halides is 3. The summed E-state index contributed by atoms with van der Waals surface area (Å²) < 4.78 is 47.2. The Labute approximate surface area is 143 Å². The number of ether oxygens (including phenoxy) is 1. The molecule has 0 saturated carbocycles. The maximum atomic E-state index is 14.0. The van der Waals surface area contributed by atoms with Gasteiger partial charge in [0.25, 0.3) is 5.91 Å². The molecule has 1 amide bonds. The SMILES string of the molecule is Cc1ccc(C2(C(F)(F)F)NC(=O)C3=C(CC(C)(C)CC3=O)O2)cc1. The van der Waals surface area contributed by atoms with Gasteiger partial charge in [-0.05, 0) is 12.3 Å². The highest BCUT2D eigenvalue weighted by molar-refractivity contribution is 6.20. The summed E-state index contributed by atoms with van der Waals surface area (Å²) in [6.45, 7) is 5.25. The Bertz CT molecular complexity index is 778. The lowest BCUT2D eigenvalue weighted by Gasteiger charge is -2.44. The molecule has 1 aromatic rings. The monoisotopic (exact) mass is 353 g/mol. The van der Waals surface area contributed by atoms with E-state index >= 15 is 0 Å². The van der Waals surface area contributed by atoms with E-state index in [0.29, 0.717) is 0 Å². The number of allylic oxidation sites excluding steroid dienone is 1. The number of rotatable bonds is 1. The third kappa shape index (κ3) is 2.81. The number of halogens is 3. The second-order valence-electron chi connectivity index (χ2n) is 7.34. The van der Waals surface area contributed by atoms with Gasteiger partial charge >= 0.3 is 11.9 Å². The first-order valence-electron chi connectivity index (χ1n) is 7.87. The van der Waals surface area contributed by atoms with E-state index in [1.807, 2.05) is 5.32 Å². The molecule has 1 unspecified atom stereocenters. The summed E-state index contributed by atoms with van der Waals surface area (Å²) in [4.78, 5) is 24.6. The summed E-state index contributed by atoms with van der Waals surface area (Å²) in [5, 5.41) is 1.90. The van der Waals surface area contributed by atoms with Gasteiger partial charge in [-0.25, -0.2) is 0 Å². The molecule has 1 aliphatic heterocycles. The number of amides is 1. The van der Waals surface area contributed by atoms with Crippen molar-refractivity contribution in [3.8, 4) is 0 Å². The number of aryl methyl sites for hydroxylation is 1. The predicted molar refractivity (Wildman–Crippen MR) is 83.2 cm³/mol. The zero-order valence-electron chi connectivity index (χ0n) is 14.1. The summed E-state index contributed by atoms with van der Waals surface area (Å²) in [5.41, 5.74) is -3.33. The second kappa shape index (κ2) is 5.34. The first kappa shape index (κ1) is 17.5. The normalized spacial score (nSPS) is 26.0. The smallest absolute Gasteiger partial charge is 0.453 e. The van der Waals surface area contributed by atoms with Gasteiger partial charge in [-0.2, -0.15) is 13.2 Å². The zero-order valence-corrected chi connectivity index (χ0v) is 14.1. The van der Waals surface area contributed by atoms with Gasteiger partial charge in [0.15, 0.2) is 5.78 Å². The Morgan fingerprint density at radius 3 is 2.24 bits per heavy atom. The molecule has 1 N–H and O–H groups in total. The van der Waals surface area contributed by atoms with E-state index in [4.69, 9.17) is 4.74 Å². The Morgan fingerprint density at radius 2 is 1.68 bits per heavy atom. The van der Waals surface area contributed by atoms with Gasteiger partial charge in [-0.3, -0.25) is 9.59 Å². The molecule has 7 heteroatoms. The third-order valence-corrected chi connectivity index (χ3v) is 4.49. The van der Waals surface area contributed by atoms with Crippen molar-refractivity contribution in [3.63, 3.8) is 0 Å². The summed E-state index contributed by atoms with van der Waals surface area (Å²) in [6, 6.07) is 5.56. The molecular formula is C18H18F3NO3. The molecule has 0 radical (unpaired) electrons. The fraction of sp³-hybridized carbons (Fsp3) is 0.444. The van der Waals surface area contributed by atoms with Crippen LogP contribution in [0, 0.1) is 12.3 Å². The minimum Gasteiger partial charge on any atom is -0.458 e. The average molecular weight is 353 g/mol. The molecule has 3 rings (SSSR count). The van der Waals surface area contributed by atoms with Crippen LogP contribution < -0.4 is 5.32 Å². The average Bonchev–Trinajstić information content (AvgIpc) is 2.44. The highest BCUT2D eigenvalue weighted by Gasteiger charge is 2.63. The van der Waals surface area contributed by atoms with Crippen molar-refractivity contribution < 1.29 is 27.5 Å². The summed E-state index contributed by atoms with van der Waals surface area (Å²) in [6.07, 6.45) is -4.72. The minimum atomic E-state index is -4.90. The zero-order chi connectivity index (χ0) is 18.6. The number of ketones is 1. The van der Waals surface area contributed by atoms with Crippen molar-refractivity contribution in [3.05, 3.63) is 46.7 Å². The number of hydrogen-bond donors (Lipinski definition) is 1. The fourth-order valence-electron chi connectivity index (χ4n) is 3.25. The predicted octanol–water partition coefficient (Wildman–Crippen LogP) is 3.50. The number of carbonyl (C=O) groups is 2. The molecule has 134 valence electrons. The van der Waals surface area contributed by atoms with Crippen molar-refractivity contribution in [2.45, 2.75) is 45.5 Å². The van der Waals surface area contributed by atoms with Crippen molar-refractivity contribution in [1.29, 1.82) is 0 Å². The van der Waals surface area contributed by atoms with Gasteiger partial charge in [0.1, 0.15) is 11.3 Å². The van der Waals surface area contributed by atoms with Crippen LogP contribution in [0.15, 0.2) is 35.6 Å². The van der Waals surface area contributed by atoms with E-state index in [2.05, 4.69) is 0 Å². The van der Waals surface area contributed by atoms with E-state index in [9.17, 15) is 22.8 Å². The minimum absolute atomic E-state index is 0.0885. The molecule has 2 aliphatic rings. The van der Waals surface area contributed by atoms with Crippen molar-refractivity contribution in [1.82, 2.24) is 5.32 Å². The van der Waals surface area contributed by atoms with Crippen LogP contribution in [0.2, 0.25) is 0 Å². The lowest BCUT2D eigenvalue weighted by atomic mass is 9.75. The second-order valence-corrected chi connectivity index (χ2v) is 7.34. The molecule has 1 aromatic carbocycles. The van der Waals surface area contributed by atoms with Gasteiger partial charge in [0.05, 0.1) is 0 Å². The van der Waals surface area contributed by atoms with Crippen LogP contribution in [0.4, 0.5) is 13.2 Å². The number of benzene rings is 1. The first-order chi connectivity index (χ1) is 11.5. The van der Waals surface area contributed by atoms with E-state index in [0.717, 1.165) is 5.56 Å². The molecular weight excluding hydrogens is 335 g/mol. The standard InChI is InChI=1S/C18H18F3NO3/c1-10-4-6-11(7-5-10)17(18(19,20)21)22-15(24)14-12(23)8-16(2,3)9-13(14)25-17/h4-7H,8-9H2,1-3H3,(H,22,24). The molecule has 0 bridgehead atoms. The quantitative estimate of drug-likeness (QED) is 0.786. The van der Waals surface area contributed by atoms with Gasteiger partial charge in [-0.15, -0.1) is 0 Å². The maximum Gasteiger partial charge on any atom is 0.453 e. The van der Waals surface area contributed by atoms with Gasteiger partial charge in [-0.1, -0.05) is 43.7 Å². The van der Waals surface area contributed by atoms with Crippen molar-refractivity contribution in [2.75, 3.05) is 0 Å². The van der Waals surface area contributed by atoms with Crippen LogP contribution in [0.3, 0.4) is 0 Å². The molecule has 0 spiro atoms. The molecule has 0 fully saturated rings. The lowest BCUT2D eigenvalue weighted by molar-refractivity contribution is -0.288. The van der Waals surface area contributed by atoms with Crippen LogP contribution >= 0.6 is 0 Å². The lowest BCUT2D eigenvalue weighted by Crippen LogP contribution is -2.61. The van der Waals surface area contributed by atoms with Crippen molar-refractivity contribution >= 4 is 11.7 Å². The third-order valence-electron chi connectivity index (χ3n) is 4.49. The number of hydrogen-bond acceptors (Lipinski definition) is 3. The number of Topliss-reactive ketones (excluding diaryl/α,β-unsaturated/α-hetero) is 1. The Hall–Kier alpha value is -2.31. The largest absolute Gasteiger partial charge is 0.458 e. The molecule has 25 heavy (non-hydrogen) atoms. The van der Waals surface area contributed by atoms with E-state index in [1.165, 1.54) is 24.3 Å². The van der Waals surface area contributed by atoms with Gasteiger partial charge in [0, 0.05) is 18.4 Å². The topological polar surface area (TPSA) is 55.4 Å². The van der Waals surface area contributed by atoms with E-state index in [1.54, 1.807) is 20.8 Å². The molecule has 1 aliphatic carbocycles. The maximum absolute atomic E-state index is 14.0. The number of nitrogens with one attached hydrogen (secondary N) is 1. The Morgan fingerprint density at radius 1 is 1.08 bits per heavy atom. The van der Waals surface area contributed by atoms with Crippen LogP contribution in [-0.2, 0) is 20.1 Å². The summed E-state index contributed by atoms with van der Waals surface area (Å²) >= 11 is 0. The van der Waals surface area contributed by atoms with Crippen LogP contribution in [0.1, 0.15) is 37.8 Å². The first-order valence-corrected chi connectivity index (χ1v) is 7.87. The number of carbonyl (C=O) groups excluding carboxylic acids is 2. The molecule has 0 aromatic heterocycles. The van der Waals surface area contributed by atoms with E-state index in [-0.39, 0.29) is 29.7 Å². The Balaban J connectivity index is 2.16. The molecule has 4 nitrogen and oxygen atoms in total. The highest BCUT2D eigenvalue weighted by Crippen LogP contribution is 2.48. The summed E-state index contributed by atoms with van der Waals surface area (Å²) in [5.74, 6) is -1.73. The molecule has 1 heterocycles. The van der Waals surface area contributed by atoms with Crippen LogP contribution in [-0.4, -0.2) is 17.9 Å². The van der Waals surface area contributed by atoms with Crippen molar-refractivity contribution in [2.24, 2.45) is 5.41 Å². The highest BCUT2D eigenvalue weighted by atomic mass is 19.4. The van der Waals surface area contributed by atoms with Gasteiger partial charge in [0.2, 0.25) is 0 Å².